The number of nitrogens with one attached hydrogen (secondary N) is 2. The van der Waals surface area contributed by atoms with Gasteiger partial charge in [-0.3, -0.25) is 14.2 Å². The number of rotatable bonds is 7. The van der Waals surface area contributed by atoms with Crippen LogP contribution in [0.4, 0.5) is 18.9 Å². The molecule has 0 fully saturated rings. The van der Waals surface area contributed by atoms with E-state index in [1.165, 1.54) is 24.7 Å². The quantitative estimate of drug-likeness (QED) is 0.536. The van der Waals surface area contributed by atoms with Gasteiger partial charge in [0.15, 0.2) is 5.82 Å². The third-order valence-electron chi connectivity index (χ3n) is 3.89. The Labute approximate surface area is 179 Å². The fourth-order valence-corrected chi connectivity index (χ4v) is 3.04. The first-order valence-corrected chi connectivity index (χ1v) is 10.0. The van der Waals surface area contributed by atoms with Crippen LogP contribution in [-0.4, -0.2) is 43.9 Å². The van der Waals surface area contributed by atoms with Crippen LogP contribution in [0, 0.1) is 0 Å². The normalized spacial score (nSPS) is 11.2. The molecule has 31 heavy (non-hydrogen) atoms. The first kappa shape index (κ1) is 22.3. The van der Waals surface area contributed by atoms with Crippen LogP contribution in [0.15, 0.2) is 53.9 Å². The number of aromatic nitrogens is 4. The van der Waals surface area contributed by atoms with Gasteiger partial charge in [-0.2, -0.15) is 13.2 Å². The molecule has 1 aromatic carbocycles. The number of carbonyl (C=O) groups excluding carboxylic acids is 2. The van der Waals surface area contributed by atoms with E-state index >= 15 is 0 Å². The van der Waals surface area contributed by atoms with Crippen molar-refractivity contribution in [3.05, 3.63) is 60.2 Å². The third kappa shape index (κ3) is 6.04. The first-order valence-electron chi connectivity index (χ1n) is 9.02. The summed E-state index contributed by atoms with van der Waals surface area (Å²) in [7, 11) is 0. The molecule has 2 N–H and O–H groups in total. The zero-order chi connectivity index (χ0) is 22.4. The van der Waals surface area contributed by atoms with Crippen LogP contribution in [-0.2, 0) is 11.0 Å². The number of benzene rings is 1. The highest BCUT2D eigenvalue weighted by Crippen LogP contribution is 2.29. The van der Waals surface area contributed by atoms with Crippen LogP contribution < -0.4 is 10.6 Å². The molecule has 8 nitrogen and oxygen atoms in total. The molecule has 0 radical (unpaired) electrons. The van der Waals surface area contributed by atoms with Gasteiger partial charge in [0.1, 0.15) is 17.0 Å². The molecule has 3 aromatic rings. The molecule has 0 saturated heterocycles. The Kier molecular flexibility index (Phi) is 6.90. The lowest BCUT2D eigenvalue weighted by molar-refractivity contribution is -0.137. The van der Waals surface area contributed by atoms with Gasteiger partial charge in [0.05, 0.1) is 11.3 Å². The van der Waals surface area contributed by atoms with Gasteiger partial charge >= 0.3 is 6.18 Å². The Balaban J connectivity index is 1.53. The molecule has 2 heterocycles. The Morgan fingerprint density at radius 2 is 1.84 bits per heavy atom. The van der Waals surface area contributed by atoms with Crippen LogP contribution in [0.2, 0.25) is 0 Å². The Bertz CT molecular complexity index is 1050. The van der Waals surface area contributed by atoms with E-state index in [2.05, 4.69) is 25.8 Å². The van der Waals surface area contributed by atoms with E-state index in [-0.39, 0.29) is 23.0 Å². The molecule has 2 aromatic heterocycles. The molecule has 0 aliphatic rings. The van der Waals surface area contributed by atoms with Crippen molar-refractivity contribution in [2.75, 3.05) is 17.6 Å². The summed E-state index contributed by atoms with van der Waals surface area (Å²) in [5.41, 5.74) is -0.267. The zero-order valence-electron chi connectivity index (χ0n) is 16.2. The fourth-order valence-electron chi connectivity index (χ4n) is 2.42. The highest BCUT2D eigenvalue weighted by atomic mass is 32.2. The van der Waals surface area contributed by atoms with Crippen molar-refractivity contribution in [1.29, 1.82) is 0 Å². The summed E-state index contributed by atoms with van der Waals surface area (Å²) < 4.78 is 39.3. The average Bonchev–Trinajstić information content (AvgIpc) is 3.23. The number of nitrogens with zero attached hydrogens (tertiary/aromatic N) is 4. The summed E-state index contributed by atoms with van der Waals surface area (Å²) in [4.78, 5) is 27.8. The van der Waals surface area contributed by atoms with E-state index in [1.807, 2.05) is 0 Å². The van der Waals surface area contributed by atoms with E-state index in [4.69, 9.17) is 0 Å². The van der Waals surface area contributed by atoms with Crippen molar-refractivity contribution < 1.29 is 22.8 Å². The van der Waals surface area contributed by atoms with Crippen molar-refractivity contribution in [3.63, 3.8) is 0 Å². The molecule has 2 amide bonds. The van der Waals surface area contributed by atoms with Crippen molar-refractivity contribution in [2.45, 2.75) is 18.1 Å². The molecule has 0 atom stereocenters. The summed E-state index contributed by atoms with van der Waals surface area (Å²) in [6, 6.07) is 7.51. The number of imidazole rings is 1. The van der Waals surface area contributed by atoms with Crippen molar-refractivity contribution in [2.24, 2.45) is 0 Å². The minimum atomic E-state index is -4.43. The van der Waals surface area contributed by atoms with Gasteiger partial charge in [-0.1, -0.05) is 11.8 Å². The lowest BCUT2D eigenvalue weighted by Crippen LogP contribution is -2.22. The fraction of sp³-hybridized carbons (Fsp3) is 0.211. The minimum Gasteiger partial charge on any atom is -0.351 e. The number of hydrogen-bond donors (Lipinski definition) is 2. The maximum atomic E-state index is 12.6. The standard InChI is InChI=1S/C19H17F3N6O2S/c1-2-23-18(30)14-9-28(11-24-14)15-7-8-17(27-26-15)31-10-16(29)25-13-5-3-12(4-6-13)19(20,21)22/h3-9,11H,2,10H2,1H3,(H,23,30)(H,25,29). The molecule has 12 heteroatoms. The van der Waals surface area contributed by atoms with Crippen LogP contribution in [0.1, 0.15) is 23.0 Å². The van der Waals surface area contributed by atoms with E-state index in [9.17, 15) is 22.8 Å². The highest BCUT2D eigenvalue weighted by molar-refractivity contribution is 7.99. The molecule has 0 aliphatic heterocycles. The van der Waals surface area contributed by atoms with Gasteiger partial charge in [0, 0.05) is 18.4 Å². The number of halogens is 3. The van der Waals surface area contributed by atoms with E-state index in [1.54, 1.807) is 23.6 Å². The predicted octanol–water partition coefficient (Wildman–Crippen LogP) is 3.16. The van der Waals surface area contributed by atoms with E-state index in [0.717, 1.165) is 23.9 Å². The Morgan fingerprint density at radius 1 is 1.10 bits per heavy atom. The molecule has 3 rings (SSSR count). The third-order valence-corrected chi connectivity index (χ3v) is 4.81. The minimum absolute atomic E-state index is 0.00145. The molecule has 0 aliphatic carbocycles. The van der Waals surface area contributed by atoms with Crippen LogP contribution in [0.3, 0.4) is 0 Å². The SMILES string of the molecule is CCNC(=O)c1cn(-c2ccc(SCC(=O)Nc3ccc(C(F)(F)F)cc3)nn2)cn1. The highest BCUT2D eigenvalue weighted by Gasteiger charge is 2.29. The molecular weight excluding hydrogens is 433 g/mol. The second-order valence-electron chi connectivity index (χ2n) is 6.17. The average molecular weight is 450 g/mol. The number of hydrogen-bond acceptors (Lipinski definition) is 6. The predicted molar refractivity (Wildman–Crippen MR) is 108 cm³/mol. The second-order valence-corrected chi connectivity index (χ2v) is 7.16. The van der Waals surface area contributed by atoms with Gasteiger partial charge in [0.2, 0.25) is 5.91 Å². The number of thioether (sulfide) groups is 1. The second kappa shape index (κ2) is 9.60. The molecule has 0 saturated carbocycles. The van der Waals surface area contributed by atoms with Gasteiger partial charge in [0.25, 0.3) is 5.91 Å². The molecule has 0 spiro atoms. The lowest BCUT2D eigenvalue weighted by Gasteiger charge is -2.08. The van der Waals surface area contributed by atoms with Gasteiger partial charge in [-0.25, -0.2) is 4.98 Å². The van der Waals surface area contributed by atoms with Gasteiger partial charge < -0.3 is 10.6 Å². The largest absolute Gasteiger partial charge is 0.416 e. The Hall–Kier alpha value is -3.41. The number of amides is 2. The van der Waals surface area contributed by atoms with Crippen molar-refractivity contribution in [1.82, 2.24) is 25.1 Å². The summed E-state index contributed by atoms with van der Waals surface area (Å²) in [6.07, 6.45) is -1.46. The number of alkyl halides is 3. The molecular formula is C19H17F3N6O2S. The topological polar surface area (TPSA) is 102 Å². The number of carbonyl (C=O) groups is 2. The van der Waals surface area contributed by atoms with E-state index in [0.29, 0.717) is 17.4 Å². The first-order chi connectivity index (χ1) is 14.8. The van der Waals surface area contributed by atoms with Gasteiger partial charge in [-0.15, -0.1) is 10.2 Å². The monoisotopic (exact) mass is 450 g/mol. The van der Waals surface area contributed by atoms with Crippen LogP contribution in [0.5, 0.6) is 0 Å². The smallest absolute Gasteiger partial charge is 0.351 e. The van der Waals surface area contributed by atoms with Crippen LogP contribution >= 0.6 is 11.8 Å². The van der Waals surface area contributed by atoms with Crippen molar-refractivity contribution in [3.8, 4) is 5.82 Å². The van der Waals surface area contributed by atoms with Gasteiger partial charge in [-0.05, 0) is 43.3 Å². The van der Waals surface area contributed by atoms with Crippen LogP contribution in [0.25, 0.3) is 5.82 Å². The summed E-state index contributed by atoms with van der Waals surface area (Å²) in [6.45, 7) is 2.30. The number of anilines is 1. The maximum absolute atomic E-state index is 12.6. The van der Waals surface area contributed by atoms with Crippen molar-refractivity contribution >= 4 is 29.3 Å². The van der Waals surface area contributed by atoms with E-state index < -0.39 is 17.6 Å². The summed E-state index contributed by atoms with van der Waals surface area (Å²) in [5.74, 6) is -0.236. The summed E-state index contributed by atoms with van der Waals surface area (Å²) >= 11 is 1.12. The zero-order valence-corrected chi connectivity index (χ0v) is 17.0. The molecule has 0 unspecified atom stereocenters. The summed E-state index contributed by atoms with van der Waals surface area (Å²) in [5, 5.41) is 13.7. The maximum Gasteiger partial charge on any atom is 0.416 e. The molecule has 0 bridgehead atoms. The Morgan fingerprint density at radius 3 is 2.45 bits per heavy atom. The lowest BCUT2D eigenvalue weighted by atomic mass is 10.2. The molecule has 162 valence electrons.